The van der Waals surface area contributed by atoms with Crippen molar-refractivity contribution in [1.29, 1.82) is 0 Å². The second-order valence-corrected chi connectivity index (χ2v) is 4.46. The summed E-state index contributed by atoms with van der Waals surface area (Å²) in [6, 6.07) is 1.78. The number of nitrogens with one attached hydrogen (secondary N) is 1. The Hall–Kier alpha value is -2.02. The van der Waals surface area contributed by atoms with E-state index in [0.717, 1.165) is 12.8 Å². The molecule has 2 aromatic rings. The molecule has 1 aliphatic rings. The minimum absolute atomic E-state index is 0.0929. The fraction of sp³-hybridized carbons (Fsp3) is 0.500. The summed E-state index contributed by atoms with van der Waals surface area (Å²) in [6.07, 6.45) is 5.27. The van der Waals surface area contributed by atoms with Crippen LogP contribution in [-0.2, 0) is 4.74 Å². The monoisotopic (exact) mass is 261 g/mol. The average Bonchev–Trinajstić information content (AvgIpc) is 3.06. The normalized spacial score (nSPS) is 22.6. The number of anilines is 1. The largest absolute Gasteiger partial charge is 0.363 e. The first kappa shape index (κ1) is 12.0. The van der Waals surface area contributed by atoms with Crippen LogP contribution in [0.5, 0.6) is 0 Å². The van der Waals surface area contributed by atoms with Crippen molar-refractivity contribution < 1.29 is 9.26 Å². The fourth-order valence-electron chi connectivity index (χ4n) is 2.08. The highest BCUT2D eigenvalue weighted by atomic mass is 16.5. The van der Waals surface area contributed by atoms with Gasteiger partial charge < -0.3 is 14.6 Å². The SMILES string of the molecule is Cc1noc([C@@H]2CC[C@H](CNc3ncccn3)O2)n1. The predicted molar refractivity (Wildman–Crippen MR) is 66.4 cm³/mol. The van der Waals surface area contributed by atoms with Crippen molar-refractivity contribution >= 4 is 5.95 Å². The van der Waals surface area contributed by atoms with Crippen molar-refractivity contribution in [1.82, 2.24) is 20.1 Å². The van der Waals surface area contributed by atoms with Crippen LogP contribution in [0.3, 0.4) is 0 Å². The third-order valence-electron chi connectivity index (χ3n) is 2.98. The van der Waals surface area contributed by atoms with E-state index in [9.17, 15) is 0 Å². The molecular weight excluding hydrogens is 246 g/mol. The number of aromatic nitrogens is 4. The lowest BCUT2D eigenvalue weighted by Gasteiger charge is -2.12. The summed E-state index contributed by atoms with van der Waals surface area (Å²) in [5.74, 6) is 1.82. The minimum atomic E-state index is -0.0929. The van der Waals surface area contributed by atoms with E-state index in [-0.39, 0.29) is 12.2 Å². The van der Waals surface area contributed by atoms with Gasteiger partial charge in [-0.2, -0.15) is 4.98 Å². The zero-order valence-corrected chi connectivity index (χ0v) is 10.6. The molecule has 2 atom stereocenters. The number of ether oxygens (including phenoxy) is 1. The number of hydrogen-bond acceptors (Lipinski definition) is 7. The Morgan fingerprint density at radius 3 is 2.89 bits per heavy atom. The van der Waals surface area contributed by atoms with Gasteiger partial charge in [-0.05, 0) is 25.8 Å². The maximum Gasteiger partial charge on any atom is 0.255 e. The Bertz CT molecular complexity index is 530. The van der Waals surface area contributed by atoms with Gasteiger partial charge in [0.2, 0.25) is 5.95 Å². The van der Waals surface area contributed by atoms with E-state index in [2.05, 4.69) is 25.4 Å². The summed E-state index contributed by atoms with van der Waals surface area (Å²) in [5, 5.41) is 6.93. The summed E-state index contributed by atoms with van der Waals surface area (Å²) in [6.45, 7) is 2.47. The van der Waals surface area contributed by atoms with Gasteiger partial charge in [0.15, 0.2) is 5.82 Å². The van der Waals surface area contributed by atoms with E-state index in [4.69, 9.17) is 9.26 Å². The standard InChI is InChI=1S/C12H15N5O2/c1-8-16-11(19-17-8)10-4-3-9(18-10)7-15-12-13-5-2-6-14-12/h2,5-6,9-10H,3-4,7H2,1H3,(H,13,14,15)/t9-,10+/m1/s1. The lowest BCUT2D eigenvalue weighted by Crippen LogP contribution is -2.20. The third kappa shape index (κ3) is 2.87. The van der Waals surface area contributed by atoms with Gasteiger partial charge in [0.25, 0.3) is 5.89 Å². The molecule has 1 fully saturated rings. The topological polar surface area (TPSA) is 86.0 Å². The summed E-state index contributed by atoms with van der Waals surface area (Å²) >= 11 is 0. The van der Waals surface area contributed by atoms with Crippen LogP contribution >= 0.6 is 0 Å². The first-order valence-corrected chi connectivity index (χ1v) is 6.28. The molecule has 0 saturated carbocycles. The Kier molecular flexibility index (Phi) is 3.37. The number of hydrogen-bond donors (Lipinski definition) is 1. The second-order valence-electron chi connectivity index (χ2n) is 4.46. The molecule has 0 spiro atoms. The Labute approximate surface area is 110 Å². The summed E-state index contributed by atoms with van der Waals surface area (Å²) in [7, 11) is 0. The lowest BCUT2D eigenvalue weighted by molar-refractivity contribution is 0.0326. The molecule has 0 radical (unpaired) electrons. The van der Waals surface area contributed by atoms with Gasteiger partial charge in [-0.25, -0.2) is 9.97 Å². The predicted octanol–water partition coefficient (Wildman–Crippen LogP) is 1.50. The average molecular weight is 261 g/mol. The van der Waals surface area contributed by atoms with Crippen molar-refractivity contribution in [3.63, 3.8) is 0 Å². The van der Waals surface area contributed by atoms with Gasteiger partial charge in [-0.15, -0.1) is 0 Å². The van der Waals surface area contributed by atoms with Crippen LogP contribution in [0.1, 0.15) is 30.7 Å². The summed E-state index contributed by atoms with van der Waals surface area (Å²) in [5.41, 5.74) is 0. The summed E-state index contributed by atoms with van der Waals surface area (Å²) in [4.78, 5) is 12.4. The number of aryl methyl sites for hydroxylation is 1. The maximum absolute atomic E-state index is 5.87. The van der Waals surface area contributed by atoms with E-state index in [1.165, 1.54) is 0 Å². The van der Waals surface area contributed by atoms with Gasteiger partial charge in [-0.1, -0.05) is 5.16 Å². The summed E-state index contributed by atoms with van der Waals surface area (Å²) < 4.78 is 11.0. The molecule has 100 valence electrons. The number of nitrogens with zero attached hydrogens (tertiary/aromatic N) is 4. The molecule has 3 heterocycles. The zero-order valence-electron chi connectivity index (χ0n) is 10.6. The molecule has 0 bridgehead atoms. The van der Waals surface area contributed by atoms with Crippen molar-refractivity contribution in [3.8, 4) is 0 Å². The molecule has 0 amide bonds. The van der Waals surface area contributed by atoms with Crippen molar-refractivity contribution in [2.75, 3.05) is 11.9 Å². The molecule has 0 unspecified atom stereocenters. The van der Waals surface area contributed by atoms with Gasteiger partial charge in [-0.3, -0.25) is 0 Å². The van der Waals surface area contributed by atoms with Gasteiger partial charge in [0.1, 0.15) is 6.10 Å². The third-order valence-corrected chi connectivity index (χ3v) is 2.98. The van der Waals surface area contributed by atoms with Gasteiger partial charge in [0.05, 0.1) is 6.10 Å². The van der Waals surface area contributed by atoms with Crippen molar-refractivity contribution in [2.24, 2.45) is 0 Å². The smallest absolute Gasteiger partial charge is 0.255 e. The van der Waals surface area contributed by atoms with Crippen LogP contribution in [0.15, 0.2) is 23.0 Å². The van der Waals surface area contributed by atoms with Crippen LogP contribution in [0.2, 0.25) is 0 Å². The van der Waals surface area contributed by atoms with Crippen LogP contribution in [0.25, 0.3) is 0 Å². The maximum atomic E-state index is 5.87. The van der Waals surface area contributed by atoms with Crippen molar-refractivity contribution in [3.05, 3.63) is 30.2 Å². The molecule has 1 N–H and O–H groups in total. The van der Waals surface area contributed by atoms with E-state index >= 15 is 0 Å². The quantitative estimate of drug-likeness (QED) is 0.892. The molecule has 0 aromatic carbocycles. The highest BCUT2D eigenvalue weighted by Crippen LogP contribution is 2.31. The fourth-order valence-corrected chi connectivity index (χ4v) is 2.08. The highest BCUT2D eigenvalue weighted by Gasteiger charge is 2.30. The first-order chi connectivity index (χ1) is 9.31. The molecule has 2 aromatic heterocycles. The molecule has 19 heavy (non-hydrogen) atoms. The van der Waals surface area contributed by atoms with E-state index in [0.29, 0.717) is 24.2 Å². The Balaban J connectivity index is 1.52. The van der Waals surface area contributed by atoms with Crippen LogP contribution in [0, 0.1) is 6.92 Å². The van der Waals surface area contributed by atoms with Crippen LogP contribution in [0.4, 0.5) is 5.95 Å². The van der Waals surface area contributed by atoms with Gasteiger partial charge in [0, 0.05) is 18.9 Å². The van der Waals surface area contributed by atoms with Gasteiger partial charge >= 0.3 is 0 Å². The van der Waals surface area contributed by atoms with Crippen molar-refractivity contribution in [2.45, 2.75) is 32.0 Å². The Morgan fingerprint density at radius 1 is 1.32 bits per heavy atom. The number of rotatable bonds is 4. The molecule has 7 nitrogen and oxygen atoms in total. The molecule has 1 aliphatic heterocycles. The molecule has 1 saturated heterocycles. The van der Waals surface area contributed by atoms with Crippen LogP contribution in [-0.4, -0.2) is 32.8 Å². The van der Waals surface area contributed by atoms with Crippen LogP contribution < -0.4 is 5.32 Å². The highest BCUT2D eigenvalue weighted by molar-refractivity contribution is 5.22. The second kappa shape index (κ2) is 5.31. The first-order valence-electron chi connectivity index (χ1n) is 6.28. The van der Waals surface area contributed by atoms with E-state index in [1.54, 1.807) is 25.4 Å². The zero-order chi connectivity index (χ0) is 13.1. The minimum Gasteiger partial charge on any atom is -0.363 e. The Morgan fingerprint density at radius 2 is 2.16 bits per heavy atom. The molecule has 0 aliphatic carbocycles. The molecule has 3 rings (SSSR count). The van der Waals surface area contributed by atoms with E-state index in [1.807, 2.05) is 0 Å². The van der Waals surface area contributed by atoms with E-state index < -0.39 is 0 Å². The lowest BCUT2D eigenvalue weighted by atomic mass is 10.2. The molecular formula is C12H15N5O2. The molecule has 7 heteroatoms.